The predicted molar refractivity (Wildman–Crippen MR) is 94.5 cm³/mol. The summed E-state index contributed by atoms with van der Waals surface area (Å²) in [6, 6.07) is 11.9. The second-order valence-electron chi connectivity index (χ2n) is 6.37. The molecule has 0 aliphatic heterocycles. The number of rotatable bonds is 5. The molecule has 6 nitrogen and oxygen atoms in total. The monoisotopic (exact) mass is 338 g/mol. The Bertz CT molecular complexity index is 894. The Morgan fingerprint density at radius 2 is 1.96 bits per heavy atom. The number of benzene rings is 1. The quantitative estimate of drug-likeness (QED) is 0.717. The first-order valence-corrected chi connectivity index (χ1v) is 8.21. The van der Waals surface area contributed by atoms with Crippen molar-refractivity contribution >= 4 is 5.91 Å². The zero-order chi connectivity index (χ0) is 18.0. The summed E-state index contributed by atoms with van der Waals surface area (Å²) in [7, 11) is 1.79. The first-order chi connectivity index (χ1) is 11.9. The summed E-state index contributed by atoms with van der Waals surface area (Å²) in [6.45, 7) is 6.37. The van der Waals surface area contributed by atoms with E-state index in [1.165, 1.54) is 0 Å². The Morgan fingerprint density at radius 1 is 1.16 bits per heavy atom. The fourth-order valence-corrected chi connectivity index (χ4v) is 2.82. The minimum absolute atomic E-state index is 0.00679. The molecule has 0 saturated heterocycles. The van der Waals surface area contributed by atoms with E-state index in [2.05, 4.69) is 16.3 Å². The lowest BCUT2D eigenvalue weighted by molar-refractivity contribution is -0.130. The number of carbonyl (C=O) groups excluding carboxylic acids is 1. The fraction of sp³-hybridized carbons (Fsp3) is 0.316. The molecule has 0 atom stereocenters. The normalized spacial score (nSPS) is 10.9. The molecule has 0 bridgehead atoms. The Labute approximate surface area is 147 Å². The van der Waals surface area contributed by atoms with Gasteiger partial charge in [0.25, 0.3) is 0 Å². The van der Waals surface area contributed by atoms with Gasteiger partial charge < -0.3 is 9.42 Å². The van der Waals surface area contributed by atoms with Gasteiger partial charge in [-0.05, 0) is 44.5 Å². The van der Waals surface area contributed by atoms with Crippen LogP contribution in [0.2, 0.25) is 0 Å². The van der Waals surface area contributed by atoms with Crippen LogP contribution in [0.3, 0.4) is 0 Å². The van der Waals surface area contributed by atoms with Crippen LogP contribution in [0.4, 0.5) is 0 Å². The van der Waals surface area contributed by atoms with Crippen LogP contribution >= 0.6 is 0 Å². The Kier molecular flexibility index (Phi) is 4.70. The van der Waals surface area contributed by atoms with Crippen LogP contribution in [0, 0.1) is 20.8 Å². The SMILES string of the molecule is Cc1cc(CC(=O)N(C)Cc2cccc(-n3nc(C)cc3C)c2)on1. The molecule has 0 N–H and O–H groups in total. The van der Waals surface area contributed by atoms with Crippen molar-refractivity contribution in [3.8, 4) is 5.69 Å². The van der Waals surface area contributed by atoms with Crippen LogP contribution < -0.4 is 0 Å². The Balaban J connectivity index is 1.71. The van der Waals surface area contributed by atoms with Crippen LogP contribution in [-0.2, 0) is 17.8 Å². The van der Waals surface area contributed by atoms with Gasteiger partial charge in [-0.3, -0.25) is 4.79 Å². The smallest absolute Gasteiger partial charge is 0.230 e. The molecule has 25 heavy (non-hydrogen) atoms. The lowest BCUT2D eigenvalue weighted by Crippen LogP contribution is -2.27. The van der Waals surface area contributed by atoms with E-state index < -0.39 is 0 Å². The maximum absolute atomic E-state index is 12.4. The van der Waals surface area contributed by atoms with Gasteiger partial charge >= 0.3 is 0 Å². The van der Waals surface area contributed by atoms with E-state index in [9.17, 15) is 4.79 Å². The second-order valence-corrected chi connectivity index (χ2v) is 6.37. The van der Waals surface area contributed by atoms with Crippen molar-refractivity contribution in [2.75, 3.05) is 7.05 Å². The van der Waals surface area contributed by atoms with E-state index in [1.54, 1.807) is 18.0 Å². The number of aromatic nitrogens is 3. The Morgan fingerprint density at radius 3 is 2.60 bits per heavy atom. The molecule has 0 fully saturated rings. The molecule has 3 rings (SSSR count). The molecule has 1 amide bonds. The van der Waals surface area contributed by atoms with Crippen molar-refractivity contribution in [3.05, 3.63) is 64.8 Å². The summed E-state index contributed by atoms with van der Waals surface area (Å²) in [5.74, 6) is 0.582. The van der Waals surface area contributed by atoms with Crippen LogP contribution in [0.25, 0.3) is 5.69 Å². The van der Waals surface area contributed by atoms with Gasteiger partial charge in [-0.15, -0.1) is 0 Å². The highest BCUT2D eigenvalue weighted by Crippen LogP contribution is 2.15. The van der Waals surface area contributed by atoms with Crippen LogP contribution in [0.5, 0.6) is 0 Å². The van der Waals surface area contributed by atoms with Crippen molar-refractivity contribution < 1.29 is 9.32 Å². The van der Waals surface area contributed by atoms with Crippen LogP contribution in [0.15, 0.2) is 40.9 Å². The summed E-state index contributed by atoms with van der Waals surface area (Å²) in [5.41, 5.74) is 4.89. The third-order valence-corrected chi connectivity index (χ3v) is 4.01. The van der Waals surface area contributed by atoms with Gasteiger partial charge in [0.15, 0.2) is 0 Å². The van der Waals surface area contributed by atoms with Gasteiger partial charge in [-0.25, -0.2) is 4.68 Å². The van der Waals surface area contributed by atoms with Crippen molar-refractivity contribution in [1.82, 2.24) is 19.8 Å². The second kappa shape index (κ2) is 6.93. The lowest BCUT2D eigenvalue weighted by atomic mass is 10.1. The third-order valence-electron chi connectivity index (χ3n) is 4.01. The highest BCUT2D eigenvalue weighted by Gasteiger charge is 2.14. The topological polar surface area (TPSA) is 64.2 Å². The average molecular weight is 338 g/mol. The number of likely N-dealkylation sites (N-methyl/N-ethyl adjacent to an activating group) is 1. The van der Waals surface area contributed by atoms with Gasteiger partial charge in [0, 0.05) is 25.4 Å². The number of nitrogens with zero attached hydrogens (tertiary/aromatic N) is 4. The summed E-state index contributed by atoms with van der Waals surface area (Å²) in [6.07, 6.45) is 0.217. The standard InChI is InChI=1S/C19H22N4O2/c1-13-8-15(3)23(20-13)17-7-5-6-16(10-17)12-22(4)19(24)11-18-9-14(2)21-25-18/h5-10H,11-12H2,1-4H3. The predicted octanol–water partition coefficient (Wildman–Crippen LogP) is 2.99. The van der Waals surface area contributed by atoms with Crippen molar-refractivity contribution in [2.24, 2.45) is 0 Å². The highest BCUT2D eigenvalue weighted by molar-refractivity contribution is 5.77. The maximum Gasteiger partial charge on any atom is 0.230 e. The van der Waals surface area contributed by atoms with E-state index in [0.717, 1.165) is 28.3 Å². The van der Waals surface area contributed by atoms with Crippen LogP contribution in [-0.4, -0.2) is 32.8 Å². The molecular formula is C19H22N4O2. The third kappa shape index (κ3) is 3.96. The molecule has 0 aliphatic rings. The molecule has 6 heteroatoms. The number of aryl methyl sites for hydroxylation is 3. The molecule has 2 aromatic heterocycles. The largest absolute Gasteiger partial charge is 0.361 e. The first-order valence-electron chi connectivity index (χ1n) is 8.21. The molecule has 2 heterocycles. The van der Waals surface area contributed by atoms with Gasteiger partial charge in [-0.1, -0.05) is 17.3 Å². The number of hydrogen-bond donors (Lipinski definition) is 0. The fourth-order valence-electron chi connectivity index (χ4n) is 2.82. The summed E-state index contributed by atoms with van der Waals surface area (Å²) in [4.78, 5) is 14.1. The molecule has 0 spiro atoms. The van der Waals surface area contributed by atoms with E-state index >= 15 is 0 Å². The molecule has 0 aliphatic carbocycles. The molecule has 3 aromatic rings. The van der Waals surface area contributed by atoms with E-state index in [4.69, 9.17) is 4.52 Å². The van der Waals surface area contributed by atoms with E-state index in [1.807, 2.05) is 49.7 Å². The zero-order valence-corrected chi connectivity index (χ0v) is 15.0. The van der Waals surface area contributed by atoms with Gasteiger partial charge in [0.05, 0.1) is 23.5 Å². The number of hydrogen-bond acceptors (Lipinski definition) is 4. The minimum atomic E-state index is -0.00679. The molecule has 0 unspecified atom stereocenters. The van der Waals surface area contributed by atoms with Gasteiger partial charge in [-0.2, -0.15) is 5.10 Å². The highest BCUT2D eigenvalue weighted by atomic mass is 16.5. The minimum Gasteiger partial charge on any atom is -0.361 e. The molecule has 130 valence electrons. The first kappa shape index (κ1) is 17.0. The van der Waals surface area contributed by atoms with Crippen LogP contribution in [0.1, 0.15) is 28.4 Å². The molecule has 0 radical (unpaired) electrons. The Hall–Kier alpha value is -2.89. The summed E-state index contributed by atoms with van der Waals surface area (Å²) >= 11 is 0. The van der Waals surface area contributed by atoms with Crippen molar-refractivity contribution in [3.63, 3.8) is 0 Å². The molecule has 1 aromatic carbocycles. The summed E-state index contributed by atoms with van der Waals surface area (Å²) in [5, 5.41) is 8.32. The zero-order valence-electron chi connectivity index (χ0n) is 15.0. The van der Waals surface area contributed by atoms with E-state index in [0.29, 0.717) is 12.3 Å². The summed E-state index contributed by atoms with van der Waals surface area (Å²) < 4.78 is 7.03. The maximum atomic E-state index is 12.4. The van der Waals surface area contributed by atoms with Gasteiger partial charge in [0.2, 0.25) is 5.91 Å². The number of amides is 1. The van der Waals surface area contributed by atoms with Gasteiger partial charge in [0.1, 0.15) is 5.76 Å². The van der Waals surface area contributed by atoms with Crippen molar-refractivity contribution in [1.29, 1.82) is 0 Å². The lowest BCUT2D eigenvalue weighted by Gasteiger charge is -2.17. The van der Waals surface area contributed by atoms with Crippen molar-refractivity contribution in [2.45, 2.75) is 33.7 Å². The van der Waals surface area contributed by atoms with E-state index in [-0.39, 0.29) is 12.3 Å². The molecular weight excluding hydrogens is 316 g/mol. The number of carbonyl (C=O) groups is 1. The molecule has 0 saturated carbocycles. The average Bonchev–Trinajstić information content (AvgIpc) is 3.12.